The third kappa shape index (κ3) is 3.66. The van der Waals surface area contributed by atoms with Crippen molar-refractivity contribution in [2.45, 2.75) is 51.0 Å². The van der Waals surface area contributed by atoms with Crippen LogP contribution in [0.1, 0.15) is 39.7 Å². The topological polar surface area (TPSA) is 60.9 Å². The maximum Gasteiger partial charge on any atom is 0.243 e. The molecule has 1 aromatic carbocycles. The highest BCUT2D eigenvalue weighted by atomic mass is 32.2. The molecule has 0 spiro atoms. The van der Waals surface area contributed by atoms with E-state index >= 15 is 0 Å². The minimum atomic E-state index is -3.50. The van der Waals surface area contributed by atoms with Crippen molar-refractivity contribution in [3.8, 4) is 0 Å². The fourth-order valence-corrected chi connectivity index (χ4v) is 5.28. The minimum absolute atomic E-state index is 0.000130. The van der Waals surface area contributed by atoms with Gasteiger partial charge in [-0.2, -0.15) is 4.31 Å². The molecule has 0 saturated carbocycles. The smallest absolute Gasteiger partial charge is 0.243 e. The second-order valence-corrected chi connectivity index (χ2v) is 10.1. The Hall–Kier alpha value is -1.44. The standard InChI is InChI=1S/C19H29N3O3S/c1-15(23)22-9-5-6-16-14-17(7-8-18(16)22)26(24,25)21-12-10-20(11-13-21)19(2,3)4/h7-8,14H,5-6,9-13H2,1-4H3. The zero-order valence-electron chi connectivity index (χ0n) is 16.2. The normalized spacial score (nSPS) is 20.1. The van der Waals surface area contributed by atoms with Gasteiger partial charge in [0.05, 0.1) is 4.90 Å². The molecule has 7 heteroatoms. The molecule has 0 aliphatic carbocycles. The lowest BCUT2D eigenvalue weighted by Crippen LogP contribution is -2.54. The van der Waals surface area contributed by atoms with Crippen molar-refractivity contribution in [2.24, 2.45) is 0 Å². The van der Waals surface area contributed by atoms with Crippen LogP contribution in [0.25, 0.3) is 0 Å². The number of amides is 1. The highest BCUT2D eigenvalue weighted by Crippen LogP contribution is 2.31. The summed E-state index contributed by atoms with van der Waals surface area (Å²) in [5, 5.41) is 0. The van der Waals surface area contributed by atoms with E-state index in [1.54, 1.807) is 34.3 Å². The molecule has 0 aromatic heterocycles. The van der Waals surface area contributed by atoms with E-state index in [9.17, 15) is 13.2 Å². The number of aryl methyl sites for hydroxylation is 1. The predicted molar refractivity (Wildman–Crippen MR) is 103 cm³/mol. The number of hydrogen-bond donors (Lipinski definition) is 0. The summed E-state index contributed by atoms with van der Waals surface area (Å²) in [6.45, 7) is 11.2. The Morgan fingerprint density at radius 1 is 1.04 bits per heavy atom. The van der Waals surface area contributed by atoms with Crippen LogP contribution in [0.4, 0.5) is 5.69 Å². The summed E-state index contributed by atoms with van der Waals surface area (Å²) in [7, 11) is -3.50. The summed E-state index contributed by atoms with van der Waals surface area (Å²) in [6.07, 6.45) is 1.67. The van der Waals surface area contributed by atoms with E-state index in [2.05, 4.69) is 25.7 Å². The van der Waals surface area contributed by atoms with Gasteiger partial charge in [0, 0.05) is 50.9 Å². The molecule has 26 heavy (non-hydrogen) atoms. The van der Waals surface area contributed by atoms with E-state index in [0.29, 0.717) is 24.5 Å². The molecule has 144 valence electrons. The Morgan fingerprint density at radius 3 is 2.27 bits per heavy atom. The average Bonchev–Trinajstić information content (AvgIpc) is 2.60. The van der Waals surface area contributed by atoms with Crippen molar-refractivity contribution in [1.29, 1.82) is 0 Å². The first-order valence-electron chi connectivity index (χ1n) is 9.27. The lowest BCUT2D eigenvalue weighted by molar-refractivity contribution is -0.116. The summed E-state index contributed by atoms with van der Waals surface area (Å²) in [6, 6.07) is 5.19. The van der Waals surface area contributed by atoms with E-state index in [0.717, 1.165) is 37.2 Å². The van der Waals surface area contributed by atoms with Crippen LogP contribution in [0.15, 0.2) is 23.1 Å². The molecule has 0 bridgehead atoms. The van der Waals surface area contributed by atoms with Crippen LogP contribution >= 0.6 is 0 Å². The summed E-state index contributed by atoms with van der Waals surface area (Å²) >= 11 is 0. The van der Waals surface area contributed by atoms with Crippen LogP contribution in [0, 0.1) is 0 Å². The molecule has 2 aliphatic heterocycles. The quantitative estimate of drug-likeness (QED) is 0.789. The van der Waals surface area contributed by atoms with Gasteiger partial charge < -0.3 is 4.90 Å². The van der Waals surface area contributed by atoms with Crippen molar-refractivity contribution in [3.05, 3.63) is 23.8 Å². The lowest BCUT2D eigenvalue weighted by atomic mass is 10.0. The molecule has 1 amide bonds. The molecule has 0 atom stereocenters. The van der Waals surface area contributed by atoms with Gasteiger partial charge in [0.25, 0.3) is 0 Å². The molecule has 0 N–H and O–H groups in total. The Kier molecular flexibility index (Phi) is 5.16. The first-order chi connectivity index (χ1) is 12.1. The molecule has 0 unspecified atom stereocenters. The van der Waals surface area contributed by atoms with Gasteiger partial charge in [0.15, 0.2) is 0 Å². The van der Waals surface area contributed by atoms with Crippen LogP contribution in [0.2, 0.25) is 0 Å². The number of hydrogen-bond acceptors (Lipinski definition) is 4. The van der Waals surface area contributed by atoms with Crippen LogP contribution in [-0.4, -0.2) is 61.8 Å². The molecular weight excluding hydrogens is 350 g/mol. The van der Waals surface area contributed by atoms with Crippen LogP contribution < -0.4 is 4.90 Å². The van der Waals surface area contributed by atoms with E-state index < -0.39 is 10.0 Å². The molecule has 6 nitrogen and oxygen atoms in total. The number of sulfonamides is 1. The molecular formula is C19H29N3O3S. The fraction of sp³-hybridized carbons (Fsp3) is 0.632. The van der Waals surface area contributed by atoms with E-state index in [1.807, 2.05) is 0 Å². The summed E-state index contributed by atoms with van der Waals surface area (Å²) in [5.74, 6) is -0.000130. The van der Waals surface area contributed by atoms with Crippen molar-refractivity contribution in [2.75, 3.05) is 37.6 Å². The number of benzene rings is 1. The number of anilines is 1. The van der Waals surface area contributed by atoms with E-state index in [4.69, 9.17) is 0 Å². The van der Waals surface area contributed by atoms with Gasteiger partial charge in [-0.3, -0.25) is 9.69 Å². The lowest BCUT2D eigenvalue weighted by Gasteiger charge is -2.41. The van der Waals surface area contributed by atoms with Gasteiger partial charge in [0.2, 0.25) is 15.9 Å². The minimum Gasteiger partial charge on any atom is -0.312 e. The molecule has 2 aliphatic rings. The van der Waals surface area contributed by atoms with Crippen molar-refractivity contribution in [1.82, 2.24) is 9.21 Å². The monoisotopic (exact) mass is 379 g/mol. The van der Waals surface area contributed by atoms with Crippen LogP contribution in [0.3, 0.4) is 0 Å². The van der Waals surface area contributed by atoms with Crippen LogP contribution in [-0.2, 0) is 21.2 Å². The third-order valence-corrected chi connectivity index (χ3v) is 7.27. The fourth-order valence-electron chi connectivity index (χ4n) is 3.81. The maximum atomic E-state index is 13.1. The van der Waals surface area contributed by atoms with Gasteiger partial charge in [-0.05, 0) is 57.4 Å². The summed E-state index contributed by atoms with van der Waals surface area (Å²) in [4.78, 5) is 16.2. The zero-order chi connectivity index (χ0) is 19.1. The molecule has 1 aromatic rings. The molecule has 1 saturated heterocycles. The average molecular weight is 380 g/mol. The maximum absolute atomic E-state index is 13.1. The third-order valence-electron chi connectivity index (χ3n) is 5.37. The van der Waals surface area contributed by atoms with Crippen molar-refractivity contribution >= 4 is 21.6 Å². The molecule has 2 heterocycles. The van der Waals surface area contributed by atoms with E-state index in [1.165, 1.54) is 0 Å². The Bertz CT molecular complexity index is 791. The SMILES string of the molecule is CC(=O)N1CCCc2cc(S(=O)(=O)N3CCN(C(C)(C)C)CC3)ccc21. The largest absolute Gasteiger partial charge is 0.312 e. The first-order valence-corrected chi connectivity index (χ1v) is 10.7. The Labute approximate surface area is 156 Å². The second kappa shape index (κ2) is 6.94. The predicted octanol–water partition coefficient (Wildman–Crippen LogP) is 2.09. The van der Waals surface area contributed by atoms with Gasteiger partial charge >= 0.3 is 0 Å². The number of nitrogens with zero attached hydrogens (tertiary/aromatic N) is 3. The second-order valence-electron chi connectivity index (χ2n) is 8.13. The molecule has 1 fully saturated rings. The first kappa shape index (κ1) is 19.3. The summed E-state index contributed by atoms with van der Waals surface area (Å²) in [5.41, 5.74) is 1.85. The summed E-state index contributed by atoms with van der Waals surface area (Å²) < 4.78 is 27.7. The number of piperazine rings is 1. The highest BCUT2D eigenvalue weighted by molar-refractivity contribution is 7.89. The number of carbonyl (C=O) groups excluding carboxylic acids is 1. The Morgan fingerprint density at radius 2 is 1.69 bits per heavy atom. The van der Waals surface area contributed by atoms with Gasteiger partial charge in [-0.25, -0.2) is 8.42 Å². The van der Waals surface area contributed by atoms with Gasteiger partial charge in [-0.15, -0.1) is 0 Å². The van der Waals surface area contributed by atoms with Gasteiger partial charge in [0.1, 0.15) is 0 Å². The molecule has 0 radical (unpaired) electrons. The van der Waals surface area contributed by atoms with Crippen molar-refractivity contribution in [3.63, 3.8) is 0 Å². The Balaban J connectivity index is 1.82. The van der Waals surface area contributed by atoms with Crippen molar-refractivity contribution < 1.29 is 13.2 Å². The highest BCUT2D eigenvalue weighted by Gasteiger charge is 2.33. The van der Waals surface area contributed by atoms with Crippen LogP contribution in [0.5, 0.6) is 0 Å². The zero-order valence-corrected chi connectivity index (χ0v) is 17.0. The number of carbonyl (C=O) groups is 1. The molecule has 3 rings (SSSR count). The van der Waals surface area contributed by atoms with Gasteiger partial charge in [-0.1, -0.05) is 0 Å². The number of fused-ring (bicyclic) bond motifs is 1. The van der Waals surface area contributed by atoms with E-state index in [-0.39, 0.29) is 11.4 Å². The number of rotatable bonds is 2.